The van der Waals surface area contributed by atoms with Crippen LogP contribution in [0.2, 0.25) is 5.02 Å². The molecule has 2 nitrogen and oxygen atoms in total. The zero-order valence-electron chi connectivity index (χ0n) is 7.20. The number of benzene rings is 1. The first kappa shape index (κ1) is 9.00. The van der Waals surface area contributed by atoms with Gasteiger partial charge in [-0.2, -0.15) is 0 Å². The monoisotopic (exact) mass is 197 g/mol. The van der Waals surface area contributed by atoms with Gasteiger partial charge in [-0.25, -0.2) is 0 Å². The normalized spacial score (nSPS) is 27.0. The molecule has 0 spiro atoms. The van der Waals surface area contributed by atoms with Gasteiger partial charge in [0.1, 0.15) is 0 Å². The number of aliphatic hydroxyl groups excluding tert-OH is 1. The maximum absolute atomic E-state index is 9.57. The Hall–Kier alpha value is -0.570. The molecule has 0 radical (unpaired) electrons. The largest absolute Gasteiger partial charge is 0.391 e. The Labute approximate surface area is 82.3 Å². The molecule has 2 rings (SSSR count). The summed E-state index contributed by atoms with van der Waals surface area (Å²) in [6, 6.07) is 5.44. The fraction of sp³-hybridized carbons (Fsp3) is 0.400. The smallest absolute Gasteiger partial charge is 0.0736 e. The van der Waals surface area contributed by atoms with E-state index in [-0.39, 0.29) is 6.04 Å². The number of aryl methyl sites for hydroxylation is 1. The molecule has 1 aliphatic carbocycles. The van der Waals surface area contributed by atoms with Crippen molar-refractivity contribution in [1.29, 1.82) is 0 Å². The van der Waals surface area contributed by atoms with Crippen LogP contribution < -0.4 is 5.73 Å². The zero-order valence-corrected chi connectivity index (χ0v) is 7.96. The highest BCUT2D eigenvalue weighted by Crippen LogP contribution is 2.33. The Bertz CT molecular complexity index is 327. The van der Waals surface area contributed by atoms with Crippen LogP contribution in [-0.4, -0.2) is 11.2 Å². The van der Waals surface area contributed by atoms with Crippen molar-refractivity contribution in [3.8, 4) is 0 Å². The minimum Gasteiger partial charge on any atom is -0.391 e. The molecule has 0 saturated heterocycles. The number of halogens is 1. The molecule has 1 aromatic carbocycles. The summed E-state index contributed by atoms with van der Waals surface area (Å²) >= 11 is 6.01. The second-order valence-electron chi connectivity index (χ2n) is 3.44. The molecule has 3 N–H and O–H groups in total. The van der Waals surface area contributed by atoms with Gasteiger partial charge in [0.25, 0.3) is 0 Å². The number of rotatable bonds is 0. The molecular weight excluding hydrogens is 186 g/mol. The molecule has 70 valence electrons. The Balaban J connectivity index is 2.51. The molecule has 0 unspecified atom stereocenters. The lowest BCUT2D eigenvalue weighted by molar-refractivity contribution is 0.128. The first-order valence-electron chi connectivity index (χ1n) is 4.41. The number of aliphatic hydroxyl groups is 1. The molecule has 3 heteroatoms. The highest BCUT2D eigenvalue weighted by Gasteiger charge is 2.26. The van der Waals surface area contributed by atoms with Crippen LogP contribution in [0.3, 0.4) is 0 Å². The SMILES string of the molecule is N[C@H]1c2c(Cl)cccc2CC[C@H]1O. The van der Waals surface area contributed by atoms with E-state index in [1.165, 1.54) is 5.56 Å². The molecule has 0 aliphatic heterocycles. The van der Waals surface area contributed by atoms with Gasteiger partial charge >= 0.3 is 0 Å². The van der Waals surface area contributed by atoms with Crippen molar-refractivity contribution in [2.24, 2.45) is 5.73 Å². The summed E-state index contributed by atoms with van der Waals surface area (Å²) in [4.78, 5) is 0. The van der Waals surface area contributed by atoms with Gasteiger partial charge in [0, 0.05) is 5.02 Å². The van der Waals surface area contributed by atoms with Crippen molar-refractivity contribution in [1.82, 2.24) is 0 Å². The van der Waals surface area contributed by atoms with Crippen LogP contribution in [0.4, 0.5) is 0 Å². The minimum absolute atomic E-state index is 0.322. The maximum Gasteiger partial charge on any atom is 0.0736 e. The molecule has 0 heterocycles. The van der Waals surface area contributed by atoms with Gasteiger partial charge in [-0.1, -0.05) is 23.7 Å². The van der Waals surface area contributed by atoms with Crippen LogP contribution in [0.5, 0.6) is 0 Å². The Morgan fingerprint density at radius 1 is 1.46 bits per heavy atom. The van der Waals surface area contributed by atoms with E-state index in [0.717, 1.165) is 18.4 Å². The second kappa shape index (κ2) is 3.29. The quantitative estimate of drug-likeness (QED) is 0.665. The number of nitrogens with two attached hydrogens (primary N) is 1. The second-order valence-corrected chi connectivity index (χ2v) is 3.85. The van der Waals surface area contributed by atoms with Crippen molar-refractivity contribution in [3.05, 3.63) is 34.3 Å². The van der Waals surface area contributed by atoms with Gasteiger partial charge in [-0.05, 0) is 30.0 Å². The predicted molar refractivity (Wildman–Crippen MR) is 52.7 cm³/mol. The summed E-state index contributed by atoms with van der Waals surface area (Å²) in [5.41, 5.74) is 7.95. The molecule has 13 heavy (non-hydrogen) atoms. The Kier molecular flexibility index (Phi) is 2.28. The lowest BCUT2D eigenvalue weighted by atomic mass is 9.86. The Morgan fingerprint density at radius 3 is 3.00 bits per heavy atom. The molecule has 2 atom stereocenters. The van der Waals surface area contributed by atoms with Gasteiger partial charge < -0.3 is 10.8 Å². The predicted octanol–water partition coefficient (Wildman–Crippen LogP) is 1.65. The summed E-state index contributed by atoms with van der Waals surface area (Å²) < 4.78 is 0. The first-order chi connectivity index (χ1) is 6.20. The van der Waals surface area contributed by atoms with Crippen molar-refractivity contribution in [3.63, 3.8) is 0 Å². The van der Waals surface area contributed by atoms with Crippen molar-refractivity contribution in [2.75, 3.05) is 0 Å². The van der Waals surface area contributed by atoms with E-state index in [2.05, 4.69) is 0 Å². The average molecular weight is 198 g/mol. The minimum atomic E-state index is -0.451. The van der Waals surface area contributed by atoms with E-state index < -0.39 is 6.10 Å². The van der Waals surface area contributed by atoms with E-state index >= 15 is 0 Å². The summed E-state index contributed by atoms with van der Waals surface area (Å²) in [5.74, 6) is 0. The molecule has 0 bridgehead atoms. The summed E-state index contributed by atoms with van der Waals surface area (Å²) in [5, 5.41) is 10.2. The maximum atomic E-state index is 9.57. The number of hydrogen-bond donors (Lipinski definition) is 2. The molecule has 1 aromatic rings. The van der Waals surface area contributed by atoms with Crippen LogP contribution in [-0.2, 0) is 6.42 Å². The third-order valence-corrected chi connectivity index (χ3v) is 2.93. The third kappa shape index (κ3) is 1.46. The zero-order chi connectivity index (χ0) is 9.42. The van der Waals surface area contributed by atoms with Crippen LogP contribution in [0, 0.1) is 0 Å². The molecule has 0 aromatic heterocycles. The summed E-state index contributed by atoms with van der Waals surface area (Å²) in [6.45, 7) is 0. The van der Waals surface area contributed by atoms with Gasteiger partial charge in [-0.15, -0.1) is 0 Å². The lowest BCUT2D eigenvalue weighted by Crippen LogP contribution is -2.31. The fourth-order valence-corrected chi connectivity index (χ4v) is 2.17. The van der Waals surface area contributed by atoms with Crippen molar-refractivity contribution < 1.29 is 5.11 Å². The fourth-order valence-electron chi connectivity index (χ4n) is 1.85. The molecular formula is C10H12ClNO. The standard InChI is InChI=1S/C10H12ClNO/c11-7-3-1-2-6-4-5-8(13)10(12)9(6)7/h1-3,8,10,13H,4-5,12H2/t8-,10-/m1/s1. The Morgan fingerprint density at radius 2 is 2.23 bits per heavy atom. The van der Waals surface area contributed by atoms with Crippen molar-refractivity contribution >= 4 is 11.6 Å². The number of hydrogen-bond acceptors (Lipinski definition) is 2. The van der Waals surface area contributed by atoms with Crippen LogP contribution in [0.1, 0.15) is 23.6 Å². The van der Waals surface area contributed by atoms with Crippen LogP contribution in [0.15, 0.2) is 18.2 Å². The van der Waals surface area contributed by atoms with E-state index in [9.17, 15) is 5.11 Å². The topological polar surface area (TPSA) is 46.2 Å². The highest BCUT2D eigenvalue weighted by atomic mass is 35.5. The average Bonchev–Trinajstić information content (AvgIpc) is 2.12. The number of fused-ring (bicyclic) bond motifs is 1. The van der Waals surface area contributed by atoms with Gasteiger partial charge in [-0.3, -0.25) is 0 Å². The molecule has 0 amide bonds. The first-order valence-corrected chi connectivity index (χ1v) is 4.79. The van der Waals surface area contributed by atoms with Crippen LogP contribution in [0.25, 0.3) is 0 Å². The molecule has 0 fully saturated rings. The van der Waals surface area contributed by atoms with Gasteiger partial charge in [0.2, 0.25) is 0 Å². The van der Waals surface area contributed by atoms with Crippen LogP contribution >= 0.6 is 11.6 Å². The molecule has 1 aliphatic rings. The molecule has 0 saturated carbocycles. The third-order valence-electron chi connectivity index (χ3n) is 2.60. The van der Waals surface area contributed by atoms with Gasteiger partial charge in [0.05, 0.1) is 12.1 Å². The lowest BCUT2D eigenvalue weighted by Gasteiger charge is -2.28. The van der Waals surface area contributed by atoms with E-state index in [0.29, 0.717) is 5.02 Å². The van der Waals surface area contributed by atoms with E-state index in [1.807, 2.05) is 18.2 Å². The van der Waals surface area contributed by atoms with Crippen molar-refractivity contribution in [2.45, 2.75) is 25.0 Å². The van der Waals surface area contributed by atoms with E-state index in [4.69, 9.17) is 17.3 Å². The van der Waals surface area contributed by atoms with Gasteiger partial charge in [0.15, 0.2) is 0 Å². The summed E-state index contributed by atoms with van der Waals surface area (Å²) in [6.07, 6.45) is 1.15. The highest BCUT2D eigenvalue weighted by molar-refractivity contribution is 6.31. The summed E-state index contributed by atoms with van der Waals surface area (Å²) in [7, 11) is 0. The van der Waals surface area contributed by atoms with E-state index in [1.54, 1.807) is 0 Å².